The number of hydrogen-bond donors (Lipinski definition) is 0. The molecule has 1 rings (SSSR count). The van der Waals surface area contributed by atoms with Gasteiger partial charge >= 0.3 is 0 Å². The first kappa shape index (κ1) is 13.5. The highest BCUT2D eigenvalue weighted by Gasteiger charge is 2.17. The smallest absolute Gasteiger partial charge is 0.166 e. The summed E-state index contributed by atoms with van der Waals surface area (Å²) < 4.78 is 23.7. The number of halogens is 1. The van der Waals surface area contributed by atoms with Crippen LogP contribution in [0.15, 0.2) is 12.1 Å². The highest BCUT2D eigenvalue weighted by Crippen LogP contribution is 2.30. The lowest BCUT2D eigenvalue weighted by molar-refractivity contribution is 0.0963. The van der Waals surface area contributed by atoms with E-state index in [-0.39, 0.29) is 23.0 Å². The van der Waals surface area contributed by atoms with E-state index >= 15 is 0 Å². The van der Waals surface area contributed by atoms with Crippen molar-refractivity contribution >= 4 is 5.78 Å². The fraction of sp³-hybridized carbons (Fsp3) is 0.462. The zero-order chi connectivity index (χ0) is 13.0. The number of hydrogen-bond acceptors (Lipinski definition) is 3. The molecular formula is C13H17FO3. The molecule has 17 heavy (non-hydrogen) atoms. The number of rotatable bonds is 5. The third-order valence-electron chi connectivity index (χ3n) is 2.37. The molecule has 0 radical (unpaired) electrons. The third kappa shape index (κ3) is 3.19. The number of carbonyl (C=O) groups excluding carboxylic acids is 1. The van der Waals surface area contributed by atoms with Crippen LogP contribution in [0, 0.1) is 11.7 Å². The van der Waals surface area contributed by atoms with Gasteiger partial charge in [0.05, 0.1) is 19.8 Å². The van der Waals surface area contributed by atoms with Crippen LogP contribution in [0.5, 0.6) is 11.5 Å². The van der Waals surface area contributed by atoms with Crippen molar-refractivity contribution in [3.05, 3.63) is 23.5 Å². The molecule has 0 aliphatic rings. The number of benzene rings is 1. The summed E-state index contributed by atoms with van der Waals surface area (Å²) in [6, 6.07) is 2.56. The number of Topliss-reactive ketones (excluding diaryl/α,β-unsaturated/α-hetero) is 1. The molecule has 0 spiro atoms. The van der Waals surface area contributed by atoms with E-state index in [1.54, 1.807) is 0 Å². The summed E-state index contributed by atoms with van der Waals surface area (Å²) in [6.45, 7) is 3.83. The maximum atomic E-state index is 13.7. The molecule has 0 amide bonds. The molecule has 4 heteroatoms. The van der Waals surface area contributed by atoms with Gasteiger partial charge in [-0.05, 0) is 12.0 Å². The van der Waals surface area contributed by atoms with Crippen LogP contribution in [0.4, 0.5) is 4.39 Å². The van der Waals surface area contributed by atoms with Crippen LogP contribution in [0.3, 0.4) is 0 Å². The lowest BCUT2D eigenvalue weighted by Crippen LogP contribution is -2.07. The van der Waals surface area contributed by atoms with Crippen LogP contribution in [-0.4, -0.2) is 20.0 Å². The second-order valence-electron chi connectivity index (χ2n) is 4.21. The van der Waals surface area contributed by atoms with Gasteiger partial charge in [0.1, 0.15) is 5.82 Å². The molecule has 0 saturated heterocycles. The second kappa shape index (κ2) is 5.66. The molecule has 0 saturated carbocycles. The van der Waals surface area contributed by atoms with Crippen molar-refractivity contribution in [3.8, 4) is 11.5 Å². The molecule has 3 nitrogen and oxygen atoms in total. The molecule has 1 aromatic carbocycles. The van der Waals surface area contributed by atoms with E-state index < -0.39 is 5.82 Å². The molecule has 0 aliphatic carbocycles. The minimum Gasteiger partial charge on any atom is -0.493 e. The van der Waals surface area contributed by atoms with E-state index in [2.05, 4.69) is 0 Å². The molecule has 0 unspecified atom stereocenters. The van der Waals surface area contributed by atoms with Crippen molar-refractivity contribution in [1.29, 1.82) is 0 Å². The van der Waals surface area contributed by atoms with Crippen molar-refractivity contribution < 1.29 is 18.7 Å². The summed E-state index contributed by atoms with van der Waals surface area (Å²) in [7, 11) is 2.87. The SMILES string of the molecule is COc1cc(F)c(C(=O)CC(C)C)cc1OC. The van der Waals surface area contributed by atoms with Gasteiger partial charge in [0.15, 0.2) is 17.3 Å². The van der Waals surface area contributed by atoms with Gasteiger partial charge < -0.3 is 9.47 Å². The Bertz CT molecular complexity index is 413. The topological polar surface area (TPSA) is 35.5 Å². The Kier molecular flexibility index (Phi) is 4.49. The molecule has 0 N–H and O–H groups in total. The Hall–Kier alpha value is -1.58. The van der Waals surface area contributed by atoms with E-state index in [4.69, 9.17) is 9.47 Å². The van der Waals surface area contributed by atoms with Gasteiger partial charge in [-0.25, -0.2) is 4.39 Å². The van der Waals surface area contributed by atoms with E-state index in [0.717, 1.165) is 0 Å². The van der Waals surface area contributed by atoms with Crippen molar-refractivity contribution in [1.82, 2.24) is 0 Å². The van der Waals surface area contributed by atoms with Crippen molar-refractivity contribution in [2.45, 2.75) is 20.3 Å². The average Bonchev–Trinajstić information content (AvgIpc) is 2.27. The predicted octanol–water partition coefficient (Wildman–Crippen LogP) is 3.07. The van der Waals surface area contributed by atoms with Crippen LogP contribution in [0.2, 0.25) is 0 Å². The monoisotopic (exact) mass is 240 g/mol. The van der Waals surface area contributed by atoms with Gasteiger partial charge in [0.25, 0.3) is 0 Å². The van der Waals surface area contributed by atoms with Gasteiger partial charge in [-0.3, -0.25) is 4.79 Å². The van der Waals surface area contributed by atoms with Crippen molar-refractivity contribution in [2.24, 2.45) is 5.92 Å². The maximum absolute atomic E-state index is 13.7. The second-order valence-corrected chi connectivity index (χ2v) is 4.21. The zero-order valence-corrected chi connectivity index (χ0v) is 10.5. The van der Waals surface area contributed by atoms with Gasteiger partial charge in [0, 0.05) is 12.5 Å². The standard InChI is InChI=1S/C13H17FO3/c1-8(2)5-11(15)9-6-12(16-3)13(17-4)7-10(9)14/h6-8H,5H2,1-4H3. The van der Waals surface area contributed by atoms with Gasteiger partial charge in [-0.2, -0.15) is 0 Å². The minimum atomic E-state index is -0.576. The summed E-state index contributed by atoms with van der Waals surface area (Å²) in [6.07, 6.45) is 0.312. The molecular weight excluding hydrogens is 223 g/mol. The first-order valence-corrected chi connectivity index (χ1v) is 5.44. The van der Waals surface area contributed by atoms with Crippen LogP contribution >= 0.6 is 0 Å². The van der Waals surface area contributed by atoms with E-state index in [1.165, 1.54) is 26.4 Å². The van der Waals surface area contributed by atoms with E-state index in [9.17, 15) is 9.18 Å². The van der Waals surface area contributed by atoms with Crippen LogP contribution in [0.1, 0.15) is 30.6 Å². The van der Waals surface area contributed by atoms with Gasteiger partial charge in [-0.1, -0.05) is 13.8 Å². The average molecular weight is 240 g/mol. The van der Waals surface area contributed by atoms with Crippen LogP contribution in [0.25, 0.3) is 0 Å². The number of carbonyl (C=O) groups is 1. The summed E-state index contributed by atoms with van der Waals surface area (Å²) in [5, 5.41) is 0. The Balaban J connectivity index is 3.12. The van der Waals surface area contributed by atoms with Crippen molar-refractivity contribution in [3.63, 3.8) is 0 Å². The molecule has 0 atom stereocenters. The first-order chi connectivity index (χ1) is 7.99. The molecule has 0 heterocycles. The zero-order valence-electron chi connectivity index (χ0n) is 10.5. The molecule has 0 aliphatic heterocycles. The summed E-state index contributed by atoms with van der Waals surface area (Å²) >= 11 is 0. The summed E-state index contributed by atoms with van der Waals surface area (Å²) in [5.74, 6) is 0.0360. The number of ketones is 1. The molecule has 0 bridgehead atoms. The minimum absolute atomic E-state index is 0.0522. The fourth-order valence-electron chi connectivity index (χ4n) is 1.55. The van der Waals surface area contributed by atoms with E-state index in [0.29, 0.717) is 12.2 Å². The Morgan fingerprint density at radius 1 is 1.24 bits per heavy atom. The molecule has 1 aromatic rings. The quantitative estimate of drug-likeness (QED) is 0.742. The molecule has 0 aromatic heterocycles. The fourth-order valence-corrected chi connectivity index (χ4v) is 1.55. The Morgan fingerprint density at radius 3 is 2.24 bits per heavy atom. The van der Waals surface area contributed by atoms with E-state index in [1.807, 2.05) is 13.8 Å². The summed E-state index contributed by atoms with van der Waals surface area (Å²) in [4.78, 5) is 11.8. The summed E-state index contributed by atoms with van der Waals surface area (Å²) in [5.41, 5.74) is 0.0522. The van der Waals surface area contributed by atoms with Gasteiger partial charge in [0.2, 0.25) is 0 Å². The molecule has 94 valence electrons. The maximum Gasteiger partial charge on any atom is 0.166 e. The lowest BCUT2D eigenvalue weighted by Gasteiger charge is -2.11. The normalized spacial score (nSPS) is 10.5. The Morgan fingerprint density at radius 2 is 1.76 bits per heavy atom. The first-order valence-electron chi connectivity index (χ1n) is 5.44. The predicted molar refractivity (Wildman–Crippen MR) is 63.3 cm³/mol. The highest BCUT2D eigenvalue weighted by atomic mass is 19.1. The highest BCUT2D eigenvalue weighted by molar-refractivity contribution is 5.97. The van der Waals surface area contributed by atoms with Crippen LogP contribution in [-0.2, 0) is 0 Å². The molecule has 0 fully saturated rings. The lowest BCUT2D eigenvalue weighted by atomic mass is 10.0. The van der Waals surface area contributed by atoms with Crippen molar-refractivity contribution in [2.75, 3.05) is 14.2 Å². The Labute approximate surface area is 101 Å². The third-order valence-corrected chi connectivity index (χ3v) is 2.37. The van der Waals surface area contributed by atoms with Gasteiger partial charge in [-0.15, -0.1) is 0 Å². The number of methoxy groups -OCH3 is 2. The number of ether oxygens (including phenoxy) is 2. The largest absolute Gasteiger partial charge is 0.493 e. The van der Waals surface area contributed by atoms with Crippen LogP contribution < -0.4 is 9.47 Å².